The van der Waals surface area contributed by atoms with E-state index >= 15 is 0 Å². The van der Waals surface area contributed by atoms with Gasteiger partial charge in [-0.2, -0.15) is 0 Å². The summed E-state index contributed by atoms with van der Waals surface area (Å²) >= 11 is 0. The van der Waals surface area contributed by atoms with Crippen LogP contribution < -0.4 is 5.32 Å². The molecule has 1 heterocycles. The summed E-state index contributed by atoms with van der Waals surface area (Å²) in [5, 5.41) is 12.2. The van der Waals surface area contributed by atoms with Gasteiger partial charge < -0.3 is 15.3 Å². The Hall–Kier alpha value is -1.10. The average Bonchev–Trinajstić information content (AvgIpc) is 2.35. The second kappa shape index (κ2) is 8.15. The maximum atomic E-state index is 12.1. The van der Waals surface area contributed by atoms with Gasteiger partial charge >= 0.3 is 5.97 Å². The first-order valence-electron chi connectivity index (χ1n) is 7.19. The number of piperidine rings is 1. The number of carboxylic acid groups (broad SMARTS) is 1. The SMILES string of the molecule is CC(C)CN(CC(=O)O)C(=O)CCC1CCNCC1. The topological polar surface area (TPSA) is 69.6 Å². The summed E-state index contributed by atoms with van der Waals surface area (Å²) in [4.78, 5) is 24.4. The molecule has 1 saturated heterocycles. The van der Waals surface area contributed by atoms with E-state index in [1.54, 1.807) is 0 Å². The van der Waals surface area contributed by atoms with Gasteiger partial charge in [-0.3, -0.25) is 9.59 Å². The highest BCUT2D eigenvalue weighted by atomic mass is 16.4. The zero-order chi connectivity index (χ0) is 14.3. The molecular formula is C14H26N2O3. The van der Waals surface area contributed by atoms with Gasteiger partial charge in [-0.25, -0.2) is 0 Å². The van der Waals surface area contributed by atoms with Crippen molar-refractivity contribution in [3.63, 3.8) is 0 Å². The van der Waals surface area contributed by atoms with Gasteiger partial charge in [0.05, 0.1) is 0 Å². The number of amides is 1. The van der Waals surface area contributed by atoms with E-state index in [1.165, 1.54) is 4.90 Å². The molecule has 0 atom stereocenters. The summed E-state index contributed by atoms with van der Waals surface area (Å²) in [6, 6.07) is 0. The van der Waals surface area contributed by atoms with E-state index in [1.807, 2.05) is 13.8 Å². The molecule has 1 aliphatic heterocycles. The summed E-state index contributed by atoms with van der Waals surface area (Å²) in [6.45, 7) is 6.40. The van der Waals surface area contributed by atoms with Crippen molar-refractivity contribution in [3.05, 3.63) is 0 Å². The summed E-state index contributed by atoms with van der Waals surface area (Å²) in [7, 11) is 0. The summed E-state index contributed by atoms with van der Waals surface area (Å²) in [5.41, 5.74) is 0. The van der Waals surface area contributed by atoms with Crippen LogP contribution in [0.25, 0.3) is 0 Å². The normalized spacial score (nSPS) is 16.6. The van der Waals surface area contributed by atoms with Gasteiger partial charge in [0, 0.05) is 13.0 Å². The maximum absolute atomic E-state index is 12.1. The van der Waals surface area contributed by atoms with Crippen molar-refractivity contribution >= 4 is 11.9 Å². The molecule has 5 nitrogen and oxygen atoms in total. The van der Waals surface area contributed by atoms with Crippen molar-refractivity contribution in [1.82, 2.24) is 10.2 Å². The Morgan fingerprint density at radius 3 is 2.47 bits per heavy atom. The zero-order valence-electron chi connectivity index (χ0n) is 12.0. The molecule has 1 fully saturated rings. The van der Waals surface area contributed by atoms with Crippen LogP contribution in [0.1, 0.15) is 39.5 Å². The van der Waals surface area contributed by atoms with Crippen LogP contribution in [-0.4, -0.2) is 48.1 Å². The molecule has 1 amide bonds. The highest BCUT2D eigenvalue weighted by molar-refractivity contribution is 5.81. The Bertz CT molecular complexity index is 299. The molecule has 0 aromatic carbocycles. The molecule has 5 heteroatoms. The molecule has 0 aromatic rings. The Labute approximate surface area is 115 Å². The van der Waals surface area contributed by atoms with Crippen LogP contribution in [0.2, 0.25) is 0 Å². The third-order valence-corrected chi connectivity index (χ3v) is 3.49. The minimum atomic E-state index is -0.934. The van der Waals surface area contributed by atoms with Crippen LogP contribution in [0.5, 0.6) is 0 Å². The van der Waals surface area contributed by atoms with Crippen molar-refractivity contribution in [2.45, 2.75) is 39.5 Å². The predicted octanol–water partition coefficient (Wildman–Crippen LogP) is 1.34. The van der Waals surface area contributed by atoms with Gasteiger partial charge in [-0.15, -0.1) is 0 Å². The lowest BCUT2D eigenvalue weighted by molar-refractivity contribution is -0.145. The Morgan fingerprint density at radius 1 is 1.32 bits per heavy atom. The monoisotopic (exact) mass is 270 g/mol. The third kappa shape index (κ3) is 6.57. The molecular weight excluding hydrogens is 244 g/mol. The van der Waals surface area contributed by atoms with Crippen molar-refractivity contribution < 1.29 is 14.7 Å². The fourth-order valence-electron chi connectivity index (χ4n) is 2.51. The van der Waals surface area contributed by atoms with Crippen molar-refractivity contribution in [3.8, 4) is 0 Å². The number of carboxylic acids is 1. The van der Waals surface area contributed by atoms with E-state index < -0.39 is 5.97 Å². The molecule has 0 spiro atoms. The average molecular weight is 270 g/mol. The van der Waals surface area contributed by atoms with Crippen LogP contribution in [0.4, 0.5) is 0 Å². The van der Waals surface area contributed by atoms with Crippen molar-refractivity contribution in [2.75, 3.05) is 26.2 Å². The second-order valence-electron chi connectivity index (χ2n) is 5.79. The Balaban J connectivity index is 2.39. The molecule has 0 saturated carbocycles. The van der Waals surface area contributed by atoms with Gasteiger partial charge in [0.2, 0.25) is 5.91 Å². The van der Waals surface area contributed by atoms with E-state index in [-0.39, 0.29) is 12.5 Å². The van der Waals surface area contributed by atoms with Crippen molar-refractivity contribution in [1.29, 1.82) is 0 Å². The smallest absolute Gasteiger partial charge is 0.323 e. The quantitative estimate of drug-likeness (QED) is 0.732. The number of nitrogens with zero attached hydrogens (tertiary/aromatic N) is 1. The number of aliphatic carboxylic acids is 1. The second-order valence-corrected chi connectivity index (χ2v) is 5.79. The summed E-state index contributed by atoms with van der Waals surface area (Å²) in [6.07, 6.45) is 3.60. The van der Waals surface area contributed by atoms with Gasteiger partial charge in [-0.05, 0) is 44.2 Å². The number of carbonyl (C=O) groups is 2. The van der Waals surface area contributed by atoms with E-state index in [4.69, 9.17) is 5.11 Å². The third-order valence-electron chi connectivity index (χ3n) is 3.49. The first kappa shape index (κ1) is 16.0. The van der Waals surface area contributed by atoms with Crippen LogP contribution in [-0.2, 0) is 9.59 Å². The fourth-order valence-corrected chi connectivity index (χ4v) is 2.51. The van der Waals surface area contributed by atoms with Crippen LogP contribution in [0, 0.1) is 11.8 Å². The number of carbonyl (C=O) groups excluding carboxylic acids is 1. The molecule has 1 aliphatic rings. The number of nitrogens with one attached hydrogen (secondary N) is 1. The van der Waals surface area contributed by atoms with Gasteiger partial charge in [-0.1, -0.05) is 13.8 Å². The fraction of sp³-hybridized carbons (Fsp3) is 0.857. The lowest BCUT2D eigenvalue weighted by atomic mass is 9.93. The molecule has 1 rings (SSSR count). The largest absolute Gasteiger partial charge is 0.480 e. The molecule has 110 valence electrons. The predicted molar refractivity (Wildman–Crippen MR) is 73.9 cm³/mol. The molecule has 0 aromatic heterocycles. The van der Waals surface area contributed by atoms with E-state index in [0.717, 1.165) is 32.4 Å². The molecule has 19 heavy (non-hydrogen) atoms. The van der Waals surface area contributed by atoms with E-state index in [2.05, 4.69) is 5.32 Å². The summed E-state index contributed by atoms with van der Waals surface area (Å²) < 4.78 is 0. The van der Waals surface area contributed by atoms with Crippen LogP contribution in [0.15, 0.2) is 0 Å². The Kier molecular flexibility index (Phi) is 6.84. The van der Waals surface area contributed by atoms with Crippen LogP contribution in [0.3, 0.4) is 0 Å². The van der Waals surface area contributed by atoms with Gasteiger partial charge in [0.25, 0.3) is 0 Å². The van der Waals surface area contributed by atoms with Crippen LogP contribution >= 0.6 is 0 Å². The van der Waals surface area contributed by atoms with E-state index in [9.17, 15) is 9.59 Å². The lowest BCUT2D eigenvalue weighted by Crippen LogP contribution is -2.38. The summed E-state index contributed by atoms with van der Waals surface area (Å²) in [5.74, 6) is -0.0522. The van der Waals surface area contributed by atoms with E-state index in [0.29, 0.717) is 24.8 Å². The lowest BCUT2D eigenvalue weighted by Gasteiger charge is -2.25. The first-order chi connectivity index (χ1) is 8.99. The molecule has 2 N–H and O–H groups in total. The zero-order valence-corrected chi connectivity index (χ0v) is 12.0. The minimum absolute atomic E-state index is 0.0189. The molecule has 0 bridgehead atoms. The highest BCUT2D eigenvalue weighted by Crippen LogP contribution is 2.18. The Morgan fingerprint density at radius 2 is 1.95 bits per heavy atom. The minimum Gasteiger partial charge on any atom is -0.480 e. The first-order valence-corrected chi connectivity index (χ1v) is 7.19. The number of hydrogen-bond donors (Lipinski definition) is 2. The van der Waals surface area contributed by atoms with Crippen molar-refractivity contribution in [2.24, 2.45) is 11.8 Å². The maximum Gasteiger partial charge on any atom is 0.323 e. The van der Waals surface area contributed by atoms with Gasteiger partial charge in [0.15, 0.2) is 0 Å². The van der Waals surface area contributed by atoms with Gasteiger partial charge in [0.1, 0.15) is 6.54 Å². The molecule has 0 radical (unpaired) electrons. The number of rotatable bonds is 7. The molecule has 0 aliphatic carbocycles. The number of hydrogen-bond acceptors (Lipinski definition) is 3. The molecule has 0 unspecified atom stereocenters. The standard InChI is InChI=1S/C14H26N2O3/c1-11(2)9-16(10-14(18)19)13(17)4-3-12-5-7-15-8-6-12/h11-12,15H,3-10H2,1-2H3,(H,18,19). The highest BCUT2D eigenvalue weighted by Gasteiger charge is 2.20.